The molecule has 0 saturated carbocycles. The number of likely N-dealkylation sites (tertiary alicyclic amines) is 1. The van der Waals surface area contributed by atoms with Crippen LogP contribution in [0.4, 0.5) is 11.4 Å². The second-order valence-corrected chi connectivity index (χ2v) is 9.35. The maximum Gasteiger partial charge on any atom is 0.238 e. The van der Waals surface area contributed by atoms with Crippen LogP contribution in [0.3, 0.4) is 0 Å². The number of nitrogens with one attached hydrogen (secondary N) is 1. The first-order valence-electron chi connectivity index (χ1n) is 12.1. The molecule has 2 amide bonds. The van der Waals surface area contributed by atoms with Crippen LogP contribution < -0.4 is 14.7 Å². The fourth-order valence-corrected chi connectivity index (χ4v) is 5.87. The quantitative estimate of drug-likeness (QED) is 0.753. The van der Waals surface area contributed by atoms with Crippen LogP contribution in [0.15, 0.2) is 36.0 Å². The third-order valence-electron chi connectivity index (χ3n) is 7.50. The van der Waals surface area contributed by atoms with Crippen molar-refractivity contribution < 1.29 is 19.2 Å². The highest BCUT2D eigenvalue weighted by Gasteiger charge is 2.47. The summed E-state index contributed by atoms with van der Waals surface area (Å²) in [5, 5.41) is 0. The maximum atomic E-state index is 13.5. The molecule has 0 radical (unpaired) electrons. The number of piperidine rings is 1. The van der Waals surface area contributed by atoms with Crippen molar-refractivity contribution >= 4 is 23.2 Å². The van der Waals surface area contributed by atoms with Crippen molar-refractivity contribution in [1.29, 1.82) is 0 Å². The highest BCUT2D eigenvalue weighted by molar-refractivity contribution is 6.21. The predicted octanol–water partition coefficient (Wildman–Crippen LogP) is 2.16. The van der Waals surface area contributed by atoms with Crippen LogP contribution in [0.2, 0.25) is 0 Å². The zero-order valence-electron chi connectivity index (χ0n) is 18.4. The molecule has 0 spiro atoms. The maximum absolute atomic E-state index is 13.5. The molecule has 3 saturated heterocycles. The number of rotatable bonds is 4. The number of carbonyl (C=O) groups excluding carboxylic acids is 2. The number of hydrogen-bond acceptors (Lipinski definition) is 4. The van der Waals surface area contributed by atoms with E-state index in [1.54, 1.807) is 4.90 Å². The molecule has 2 atom stereocenters. The van der Waals surface area contributed by atoms with E-state index in [1.807, 2.05) is 24.3 Å². The van der Waals surface area contributed by atoms with Gasteiger partial charge in [-0.05, 0) is 68.9 Å². The molecule has 166 valence electrons. The molecule has 1 aliphatic carbocycles. The molecule has 31 heavy (non-hydrogen) atoms. The van der Waals surface area contributed by atoms with Crippen LogP contribution in [0.25, 0.3) is 0 Å². The summed E-state index contributed by atoms with van der Waals surface area (Å²) in [6.07, 6.45) is 9.83. The topological polar surface area (TPSA) is 54.3 Å². The fourth-order valence-electron chi connectivity index (χ4n) is 5.87. The van der Waals surface area contributed by atoms with Gasteiger partial charge in [-0.3, -0.25) is 14.5 Å². The van der Waals surface area contributed by atoms with Crippen molar-refractivity contribution in [2.45, 2.75) is 44.9 Å². The SMILES string of the molecule is O=C1C[C@H]([C@H]2CCCC=C2[NH+]2CCCCC2)C(=O)N1c1ccc(N2CCOCC2)cc1. The molecule has 3 heterocycles. The average Bonchev–Trinajstić information content (AvgIpc) is 3.14. The van der Waals surface area contributed by atoms with Gasteiger partial charge < -0.3 is 14.5 Å². The van der Waals surface area contributed by atoms with Gasteiger partial charge in [0.2, 0.25) is 11.8 Å². The summed E-state index contributed by atoms with van der Waals surface area (Å²) >= 11 is 0. The second-order valence-electron chi connectivity index (χ2n) is 9.35. The molecular weight excluding hydrogens is 390 g/mol. The van der Waals surface area contributed by atoms with E-state index in [1.165, 1.54) is 42.9 Å². The summed E-state index contributed by atoms with van der Waals surface area (Å²) in [5.74, 6) is -0.0330. The first-order valence-corrected chi connectivity index (χ1v) is 12.1. The molecule has 3 aliphatic heterocycles. The number of amides is 2. The summed E-state index contributed by atoms with van der Waals surface area (Å²) in [5.41, 5.74) is 3.25. The molecule has 0 aromatic heterocycles. The summed E-state index contributed by atoms with van der Waals surface area (Å²) in [4.78, 5) is 31.7. The summed E-state index contributed by atoms with van der Waals surface area (Å²) in [6, 6.07) is 7.91. The lowest BCUT2D eigenvalue weighted by atomic mass is 9.80. The number of quaternary nitrogens is 1. The van der Waals surface area contributed by atoms with Gasteiger partial charge in [-0.2, -0.15) is 0 Å². The van der Waals surface area contributed by atoms with Gasteiger partial charge in [-0.15, -0.1) is 0 Å². The van der Waals surface area contributed by atoms with E-state index in [0.717, 1.165) is 51.3 Å². The molecule has 4 aliphatic rings. The third-order valence-corrected chi connectivity index (χ3v) is 7.50. The van der Waals surface area contributed by atoms with Crippen LogP contribution in [0, 0.1) is 11.8 Å². The monoisotopic (exact) mass is 424 g/mol. The Kier molecular flexibility index (Phi) is 6.10. The summed E-state index contributed by atoms with van der Waals surface area (Å²) < 4.78 is 5.43. The Bertz CT molecular complexity index is 838. The Morgan fingerprint density at radius 1 is 0.871 bits per heavy atom. The van der Waals surface area contributed by atoms with Gasteiger partial charge >= 0.3 is 0 Å². The number of imide groups is 1. The Morgan fingerprint density at radius 3 is 2.32 bits per heavy atom. The lowest BCUT2D eigenvalue weighted by Gasteiger charge is -2.34. The lowest BCUT2D eigenvalue weighted by Crippen LogP contribution is -3.11. The highest BCUT2D eigenvalue weighted by atomic mass is 16.5. The van der Waals surface area contributed by atoms with Crippen molar-refractivity contribution in [2.75, 3.05) is 49.2 Å². The van der Waals surface area contributed by atoms with Crippen LogP contribution in [-0.4, -0.2) is 51.2 Å². The molecule has 6 nitrogen and oxygen atoms in total. The Labute approximate surface area is 184 Å². The van der Waals surface area contributed by atoms with Gasteiger partial charge in [0.15, 0.2) is 0 Å². The van der Waals surface area contributed by atoms with Crippen LogP contribution in [-0.2, 0) is 14.3 Å². The molecule has 1 aromatic rings. The van der Waals surface area contributed by atoms with Gasteiger partial charge in [0, 0.05) is 31.1 Å². The molecule has 5 rings (SSSR count). The number of allylic oxidation sites excluding steroid dienone is 2. The minimum Gasteiger partial charge on any atom is -0.378 e. The standard InChI is InChI=1S/C25H33N3O3/c29-24-18-22(21-6-2-3-7-23(21)27-12-4-1-5-13-27)25(30)28(24)20-10-8-19(9-11-20)26-14-16-31-17-15-26/h7-11,21-22H,1-6,12-18H2/p+1/t21-,22-/m1/s1. The zero-order valence-corrected chi connectivity index (χ0v) is 18.4. The number of hydrogen-bond donors (Lipinski definition) is 1. The molecule has 1 aromatic carbocycles. The van der Waals surface area contributed by atoms with E-state index in [2.05, 4.69) is 11.0 Å². The Morgan fingerprint density at radius 2 is 1.58 bits per heavy atom. The van der Waals surface area contributed by atoms with Crippen molar-refractivity contribution in [3.05, 3.63) is 36.0 Å². The van der Waals surface area contributed by atoms with Gasteiger partial charge in [-0.25, -0.2) is 0 Å². The molecule has 6 heteroatoms. The number of nitrogens with zero attached hydrogens (tertiary/aromatic N) is 2. The minimum absolute atomic E-state index is 0.00154. The molecule has 0 unspecified atom stereocenters. The smallest absolute Gasteiger partial charge is 0.238 e. The highest BCUT2D eigenvalue weighted by Crippen LogP contribution is 2.38. The third kappa shape index (κ3) is 4.15. The first-order chi connectivity index (χ1) is 15.2. The van der Waals surface area contributed by atoms with Crippen molar-refractivity contribution in [1.82, 2.24) is 0 Å². The van der Waals surface area contributed by atoms with Gasteiger partial charge in [0.1, 0.15) is 5.70 Å². The van der Waals surface area contributed by atoms with Crippen molar-refractivity contribution in [3.8, 4) is 0 Å². The van der Waals surface area contributed by atoms with Crippen LogP contribution in [0.1, 0.15) is 44.9 Å². The lowest BCUT2D eigenvalue weighted by molar-refractivity contribution is -0.870. The largest absolute Gasteiger partial charge is 0.378 e. The number of benzene rings is 1. The molecule has 3 fully saturated rings. The Balaban J connectivity index is 1.33. The second kappa shape index (κ2) is 9.13. The van der Waals surface area contributed by atoms with E-state index in [9.17, 15) is 9.59 Å². The molecule has 1 N–H and O–H groups in total. The normalized spacial score (nSPS) is 28.2. The first kappa shape index (κ1) is 20.7. The number of carbonyl (C=O) groups is 2. The van der Waals surface area contributed by atoms with E-state index < -0.39 is 0 Å². The average molecular weight is 425 g/mol. The molecular formula is C25H34N3O3+. The van der Waals surface area contributed by atoms with E-state index in [-0.39, 0.29) is 23.7 Å². The van der Waals surface area contributed by atoms with Gasteiger partial charge in [0.05, 0.1) is 37.9 Å². The minimum atomic E-state index is -0.201. The van der Waals surface area contributed by atoms with Gasteiger partial charge in [-0.1, -0.05) is 0 Å². The van der Waals surface area contributed by atoms with E-state index >= 15 is 0 Å². The molecule has 0 bridgehead atoms. The Hall–Kier alpha value is -2.18. The number of ether oxygens (including phenoxy) is 1. The van der Waals surface area contributed by atoms with Crippen molar-refractivity contribution in [3.63, 3.8) is 0 Å². The van der Waals surface area contributed by atoms with Gasteiger partial charge in [0.25, 0.3) is 0 Å². The number of anilines is 2. The zero-order chi connectivity index (χ0) is 21.2. The van der Waals surface area contributed by atoms with E-state index in [4.69, 9.17) is 4.74 Å². The predicted molar refractivity (Wildman–Crippen MR) is 120 cm³/mol. The van der Waals surface area contributed by atoms with E-state index in [0.29, 0.717) is 12.1 Å². The summed E-state index contributed by atoms with van der Waals surface area (Å²) in [6.45, 7) is 5.57. The summed E-state index contributed by atoms with van der Waals surface area (Å²) in [7, 11) is 0. The fraction of sp³-hybridized carbons (Fsp3) is 0.600. The number of morpholine rings is 1. The van der Waals surface area contributed by atoms with Crippen LogP contribution >= 0.6 is 0 Å². The van der Waals surface area contributed by atoms with Crippen LogP contribution in [0.5, 0.6) is 0 Å². The van der Waals surface area contributed by atoms with Crippen molar-refractivity contribution in [2.24, 2.45) is 11.8 Å².